The number of nitrogens with one attached hydrogen (secondary N) is 1. The van der Waals surface area contributed by atoms with Crippen LogP contribution in [0.3, 0.4) is 0 Å². The van der Waals surface area contributed by atoms with Crippen LogP contribution in [0, 0.1) is 26.6 Å². The number of carbonyl (C=O) groups is 2. The maximum atomic E-state index is 13.6. The second kappa shape index (κ2) is 8.00. The van der Waals surface area contributed by atoms with Crippen LogP contribution in [-0.4, -0.2) is 22.5 Å². The summed E-state index contributed by atoms with van der Waals surface area (Å²) in [6.07, 6.45) is 4.43. The van der Waals surface area contributed by atoms with E-state index >= 15 is 0 Å². The molecule has 6 heteroatoms. The van der Waals surface area contributed by atoms with Crippen molar-refractivity contribution in [2.24, 2.45) is 0 Å². The third-order valence-electron chi connectivity index (χ3n) is 4.94. The Labute approximate surface area is 164 Å². The van der Waals surface area contributed by atoms with Crippen molar-refractivity contribution >= 4 is 23.6 Å². The first kappa shape index (κ1) is 19.9. The minimum Gasteiger partial charge on any atom is -0.449 e. The summed E-state index contributed by atoms with van der Waals surface area (Å²) in [6.45, 7) is 7.21. The predicted molar refractivity (Wildman–Crippen MR) is 107 cm³/mol. The molecule has 5 nitrogen and oxygen atoms in total. The summed E-state index contributed by atoms with van der Waals surface area (Å²) < 4.78 is 21.0. The maximum absolute atomic E-state index is 13.6. The van der Waals surface area contributed by atoms with Gasteiger partial charge >= 0.3 is 5.97 Å². The van der Waals surface area contributed by atoms with Crippen molar-refractivity contribution in [2.75, 3.05) is 5.32 Å². The summed E-state index contributed by atoms with van der Waals surface area (Å²) in [4.78, 5) is 24.2. The van der Waals surface area contributed by atoms with Gasteiger partial charge in [0.25, 0.3) is 5.91 Å². The van der Waals surface area contributed by atoms with Crippen molar-refractivity contribution in [2.45, 2.75) is 52.7 Å². The molecule has 1 aromatic heterocycles. The minimum absolute atomic E-state index is 0.319. The summed E-state index contributed by atoms with van der Waals surface area (Å²) in [5.74, 6) is -1.53. The van der Waals surface area contributed by atoms with Crippen LogP contribution in [0.4, 0.5) is 10.1 Å². The number of benzene rings is 1. The smallest absolute Gasteiger partial charge is 0.331 e. The third-order valence-corrected chi connectivity index (χ3v) is 4.94. The Morgan fingerprint density at radius 3 is 2.61 bits per heavy atom. The highest BCUT2D eigenvalue weighted by atomic mass is 19.1. The van der Waals surface area contributed by atoms with Gasteiger partial charge in [-0.15, -0.1) is 0 Å². The second-order valence-corrected chi connectivity index (χ2v) is 7.29. The lowest BCUT2D eigenvalue weighted by atomic mass is 10.2. The molecule has 0 unspecified atom stereocenters. The topological polar surface area (TPSA) is 60.3 Å². The molecule has 0 radical (unpaired) electrons. The molecule has 3 rings (SSSR count). The first-order valence-electron chi connectivity index (χ1n) is 9.40. The molecule has 1 aromatic carbocycles. The largest absolute Gasteiger partial charge is 0.449 e. The fourth-order valence-electron chi connectivity index (χ4n) is 3.21. The number of esters is 1. The number of anilines is 1. The van der Waals surface area contributed by atoms with Crippen molar-refractivity contribution < 1.29 is 18.7 Å². The Hall–Kier alpha value is -2.89. The summed E-state index contributed by atoms with van der Waals surface area (Å²) in [7, 11) is 0. The number of hydrogen-bond donors (Lipinski definition) is 1. The zero-order valence-electron chi connectivity index (χ0n) is 16.6. The lowest BCUT2D eigenvalue weighted by molar-refractivity contribution is -0.148. The van der Waals surface area contributed by atoms with Gasteiger partial charge in [0, 0.05) is 29.2 Å². The summed E-state index contributed by atoms with van der Waals surface area (Å²) >= 11 is 0. The number of halogens is 1. The van der Waals surface area contributed by atoms with Crippen molar-refractivity contribution in [1.82, 2.24) is 4.57 Å². The molecular formula is C22H25FN2O3. The number of hydrogen-bond acceptors (Lipinski definition) is 3. The van der Waals surface area contributed by atoms with Crippen LogP contribution >= 0.6 is 0 Å². The molecule has 1 heterocycles. The first-order valence-corrected chi connectivity index (χ1v) is 9.40. The molecule has 0 bridgehead atoms. The van der Waals surface area contributed by atoms with Gasteiger partial charge in [0.2, 0.25) is 0 Å². The number of aryl methyl sites for hydroxylation is 2. The van der Waals surface area contributed by atoms with E-state index in [2.05, 4.69) is 16.8 Å². The molecule has 0 saturated heterocycles. The average molecular weight is 384 g/mol. The molecule has 0 spiro atoms. The highest BCUT2D eigenvalue weighted by Crippen LogP contribution is 2.38. The number of aromatic nitrogens is 1. The number of rotatable bonds is 6. The van der Waals surface area contributed by atoms with Gasteiger partial charge < -0.3 is 14.6 Å². The van der Waals surface area contributed by atoms with Gasteiger partial charge in [0.15, 0.2) is 6.10 Å². The first-order chi connectivity index (χ1) is 13.3. The lowest BCUT2D eigenvalue weighted by Gasteiger charge is -2.12. The molecule has 148 valence electrons. The van der Waals surface area contributed by atoms with Crippen LogP contribution in [0.25, 0.3) is 6.08 Å². The minimum atomic E-state index is -1.000. The summed E-state index contributed by atoms with van der Waals surface area (Å²) in [5, 5.41) is 2.54. The third kappa shape index (κ3) is 4.50. The molecule has 1 aliphatic rings. The summed E-state index contributed by atoms with van der Waals surface area (Å²) in [6, 6.07) is 7.02. The quantitative estimate of drug-likeness (QED) is 0.590. The molecule has 1 amide bonds. The van der Waals surface area contributed by atoms with Crippen molar-refractivity contribution in [3.05, 3.63) is 58.7 Å². The fourth-order valence-corrected chi connectivity index (χ4v) is 3.21. The van der Waals surface area contributed by atoms with E-state index in [0.29, 0.717) is 17.3 Å². The van der Waals surface area contributed by atoms with E-state index in [9.17, 15) is 14.0 Å². The molecule has 28 heavy (non-hydrogen) atoms. The van der Waals surface area contributed by atoms with Gasteiger partial charge in [0.1, 0.15) is 5.82 Å². The Balaban J connectivity index is 1.57. The Kier molecular flexibility index (Phi) is 5.68. The van der Waals surface area contributed by atoms with E-state index < -0.39 is 23.8 Å². The predicted octanol–water partition coefficient (Wildman–Crippen LogP) is 4.47. The van der Waals surface area contributed by atoms with Crippen molar-refractivity contribution in [3.63, 3.8) is 0 Å². The van der Waals surface area contributed by atoms with Crippen molar-refractivity contribution in [3.8, 4) is 0 Å². The van der Waals surface area contributed by atoms with Crippen LogP contribution in [-0.2, 0) is 14.3 Å². The van der Waals surface area contributed by atoms with Crippen LogP contribution in [0.2, 0.25) is 0 Å². The average Bonchev–Trinajstić information content (AvgIpc) is 3.42. The Bertz CT molecular complexity index is 941. The molecule has 1 fully saturated rings. The monoisotopic (exact) mass is 384 g/mol. The highest BCUT2D eigenvalue weighted by molar-refractivity contribution is 5.96. The van der Waals surface area contributed by atoms with Crippen LogP contribution in [0.5, 0.6) is 0 Å². The normalized spacial score (nSPS) is 14.9. The lowest BCUT2D eigenvalue weighted by Crippen LogP contribution is -2.29. The van der Waals surface area contributed by atoms with E-state index in [-0.39, 0.29) is 0 Å². The van der Waals surface area contributed by atoms with Gasteiger partial charge in [0.05, 0.1) is 0 Å². The van der Waals surface area contributed by atoms with Crippen LogP contribution < -0.4 is 5.32 Å². The Morgan fingerprint density at radius 1 is 1.25 bits per heavy atom. The van der Waals surface area contributed by atoms with Crippen LogP contribution in [0.15, 0.2) is 30.3 Å². The van der Waals surface area contributed by atoms with Gasteiger partial charge in [-0.25, -0.2) is 9.18 Å². The number of ether oxygens (including phenoxy) is 1. The zero-order valence-corrected chi connectivity index (χ0v) is 16.6. The Morgan fingerprint density at radius 2 is 1.96 bits per heavy atom. The molecule has 1 N–H and O–H groups in total. The molecule has 1 saturated carbocycles. The van der Waals surface area contributed by atoms with Gasteiger partial charge in [-0.2, -0.15) is 0 Å². The number of nitrogens with zero attached hydrogens (tertiary/aromatic N) is 1. The molecule has 1 atom stereocenters. The van der Waals surface area contributed by atoms with E-state index in [1.165, 1.54) is 37.6 Å². The van der Waals surface area contributed by atoms with E-state index in [0.717, 1.165) is 11.3 Å². The van der Waals surface area contributed by atoms with Gasteiger partial charge in [-0.05, 0) is 75.9 Å². The van der Waals surface area contributed by atoms with Gasteiger partial charge in [-0.3, -0.25) is 4.79 Å². The number of carbonyl (C=O) groups excluding carboxylic acids is 2. The van der Waals surface area contributed by atoms with Crippen LogP contribution in [0.1, 0.15) is 48.3 Å². The van der Waals surface area contributed by atoms with Crippen molar-refractivity contribution in [1.29, 1.82) is 0 Å². The zero-order chi connectivity index (χ0) is 20.4. The number of amides is 1. The standard InChI is InChI=1S/C22H25FN2O3/c1-13-5-7-18(12-20(13)23)24-22(27)16(4)28-21(26)10-6-17-11-14(2)25(15(17)3)19-8-9-19/h5-7,10-12,16,19H,8-9H2,1-4H3,(H,24,27)/b10-6+/t16-/m1/s1. The molecular weight excluding hydrogens is 359 g/mol. The van der Waals surface area contributed by atoms with E-state index in [4.69, 9.17) is 4.74 Å². The molecule has 2 aromatic rings. The van der Waals surface area contributed by atoms with E-state index in [1.54, 1.807) is 25.1 Å². The highest BCUT2D eigenvalue weighted by Gasteiger charge is 2.26. The molecule has 0 aliphatic heterocycles. The fraction of sp³-hybridized carbons (Fsp3) is 0.364. The maximum Gasteiger partial charge on any atom is 0.331 e. The van der Waals surface area contributed by atoms with E-state index in [1.807, 2.05) is 13.0 Å². The molecule has 1 aliphatic carbocycles. The van der Waals surface area contributed by atoms with Gasteiger partial charge in [-0.1, -0.05) is 6.07 Å². The second-order valence-electron chi connectivity index (χ2n) is 7.29. The summed E-state index contributed by atoms with van der Waals surface area (Å²) in [5.41, 5.74) is 4.07. The SMILES string of the molecule is Cc1ccc(NC(=O)[C@@H](C)OC(=O)/C=C/c2cc(C)n(C3CC3)c2C)cc1F.